The number of benzene rings is 2. The fraction of sp³-hybridized carbons (Fsp3) is 0.0625. The molecule has 3 rings (SSSR count). The van der Waals surface area contributed by atoms with Crippen LogP contribution in [0.25, 0.3) is 5.69 Å². The van der Waals surface area contributed by atoms with Crippen LogP contribution in [0.1, 0.15) is 5.56 Å². The third kappa shape index (κ3) is 4.60. The molecule has 1 aromatic heterocycles. The smallest absolute Gasteiger partial charge is 0.250 e. The first-order chi connectivity index (χ1) is 12.6. The van der Waals surface area contributed by atoms with E-state index in [0.717, 1.165) is 5.69 Å². The van der Waals surface area contributed by atoms with Crippen LogP contribution in [0.2, 0.25) is 10.0 Å². The monoisotopic (exact) mass is 406 g/mol. The van der Waals surface area contributed by atoms with E-state index in [1.54, 1.807) is 22.9 Å². The zero-order valence-electron chi connectivity index (χ0n) is 13.2. The van der Waals surface area contributed by atoms with Crippen molar-refractivity contribution in [2.45, 2.75) is 5.16 Å². The number of rotatable bonds is 6. The number of halogens is 2. The molecule has 2 aromatic carbocycles. The highest BCUT2D eigenvalue weighted by Gasteiger charge is 2.11. The first kappa shape index (κ1) is 18.4. The molecule has 0 aliphatic carbocycles. The quantitative estimate of drug-likeness (QED) is 0.385. The number of nitrogens with one attached hydrogen (secondary N) is 1. The van der Waals surface area contributed by atoms with E-state index in [1.165, 1.54) is 18.0 Å². The van der Waals surface area contributed by atoms with Gasteiger partial charge in [-0.1, -0.05) is 65.3 Å². The molecule has 0 aliphatic heterocycles. The lowest BCUT2D eigenvalue weighted by molar-refractivity contribution is -0.118. The van der Waals surface area contributed by atoms with Crippen LogP contribution in [-0.4, -0.2) is 38.1 Å². The summed E-state index contributed by atoms with van der Waals surface area (Å²) >= 11 is 13.2. The van der Waals surface area contributed by atoms with Gasteiger partial charge in [-0.3, -0.25) is 4.79 Å². The molecule has 0 spiro atoms. The van der Waals surface area contributed by atoms with Crippen LogP contribution in [0, 0.1) is 0 Å². The molecule has 0 radical (unpaired) electrons. The van der Waals surface area contributed by atoms with Crippen molar-refractivity contribution in [2.24, 2.45) is 5.10 Å². The first-order valence-corrected chi connectivity index (χ1v) is 9.12. The molecule has 0 fully saturated rings. The molecule has 1 N–H and O–H groups in total. The molecule has 0 unspecified atom stereocenters. The van der Waals surface area contributed by atoms with E-state index >= 15 is 0 Å². The third-order valence-electron chi connectivity index (χ3n) is 3.15. The zero-order chi connectivity index (χ0) is 18.4. The van der Waals surface area contributed by atoms with Crippen LogP contribution in [-0.2, 0) is 4.79 Å². The van der Waals surface area contributed by atoms with Crippen molar-refractivity contribution in [2.75, 3.05) is 5.75 Å². The molecule has 26 heavy (non-hydrogen) atoms. The van der Waals surface area contributed by atoms with Gasteiger partial charge in [-0.25, -0.2) is 5.43 Å². The maximum Gasteiger partial charge on any atom is 0.250 e. The van der Waals surface area contributed by atoms with Crippen LogP contribution in [0.5, 0.6) is 0 Å². The minimum atomic E-state index is -0.299. The van der Waals surface area contributed by atoms with E-state index in [-0.39, 0.29) is 11.7 Å². The number of hydrogen-bond acceptors (Lipinski definition) is 6. The molecule has 10 heteroatoms. The predicted octanol–water partition coefficient (Wildman–Crippen LogP) is 3.21. The Morgan fingerprint density at radius 3 is 2.81 bits per heavy atom. The van der Waals surface area contributed by atoms with Gasteiger partial charge in [0.25, 0.3) is 5.91 Å². The fourth-order valence-corrected chi connectivity index (χ4v) is 3.00. The summed E-state index contributed by atoms with van der Waals surface area (Å²) in [7, 11) is 0. The SMILES string of the molecule is O=C(CSc1nnnn1-c1ccccc1)N/N=C\c1cccc(Cl)c1Cl. The summed E-state index contributed by atoms with van der Waals surface area (Å²) in [5.74, 6) is -0.194. The molecular weight excluding hydrogens is 395 g/mol. The summed E-state index contributed by atoms with van der Waals surface area (Å²) in [5, 5.41) is 16.7. The number of nitrogens with zero attached hydrogens (tertiary/aromatic N) is 5. The highest BCUT2D eigenvalue weighted by Crippen LogP contribution is 2.24. The third-order valence-corrected chi connectivity index (χ3v) is 4.90. The lowest BCUT2D eigenvalue weighted by Crippen LogP contribution is -2.20. The second-order valence-corrected chi connectivity index (χ2v) is 6.66. The Morgan fingerprint density at radius 1 is 1.19 bits per heavy atom. The highest BCUT2D eigenvalue weighted by atomic mass is 35.5. The Bertz CT molecular complexity index is 931. The Kier molecular flexibility index (Phi) is 6.21. The van der Waals surface area contributed by atoms with Crippen molar-refractivity contribution in [3.05, 3.63) is 64.1 Å². The Morgan fingerprint density at radius 2 is 2.00 bits per heavy atom. The van der Waals surface area contributed by atoms with E-state index in [0.29, 0.717) is 20.8 Å². The maximum atomic E-state index is 11.9. The van der Waals surface area contributed by atoms with Gasteiger partial charge in [0.15, 0.2) is 0 Å². The van der Waals surface area contributed by atoms with Crippen molar-refractivity contribution >= 4 is 47.1 Å². The number of thioether (sulfide) groups is 1. The molecule has 0 aliphatic rings. The van der Waals surface area contributed by atoms with Gasteiger partial charge in [0.1, 0.15) is 0 Å². The van der Waals surface area contributed by atoms with Crippen LogP contribution >= 0.6 is 35.0 Å². The molecule has 0 saturated heterocycles. The number of amides is 1. The van der Waals surface area contributed by atoms with E-state index in [4.69, 9.17) is 23.2 Å². The summed E-state index contributed by atoms with van der Waals surface area (Å²) in [6.45, 7) is 0. The van der Waals surface area contributed by atoms with E-state index < -0.39 is 0 Å². The average Bonchev–Trinajstić information content (AvgIpc) is 3.13. The largest absolute Gasteiger partial charge is 0.272 e. The minimum Gasteiger partial charge on any atom is -0.272 e. The summed E-state index contributed by atoms with van der Waals surface area (Å²) in [4.78, 5) is 11.9. The molecule has 0 atom stereocenters. The molecule has 0 bridgehead atoms. The molecule has 1 heterocycles. The fourth-order valence-electron chi connectivity index (χ4n) is 1.96. The van der Waals surface area contributed by atoms with Crippen molar-refractivity contribution < 1.29 is 4.79 Å². The minimum absolute atomic E-state index is 0.105. The first-order valence-electron chi connectivity index (χ1n) is 7.37. The molecule has 3 aromatic rings. The zero-order valence-corrected chi connectivity index (χ0v) is 15.5. The Balaban J connectivity index is 1.56. The van der Waals surface area contributed by atoms with E-state index in [9.17, 15) is 4.79 Å². The molecule has 7 nitrogen and oxygen atoms in total. The van der Waals surface area contributed by atoms with E-state index in [2.05, 4.69) is 26.1 Å². The van der Waals surface area contributed by atoms with Crippen LogP contribution < -0.4 is 5.43 Å². The molecule has 0 saturated carbocycles. The van der Waals surface area contributed by atoms with Gasteiger partial charge in [-0.05, 0) is 28.6 Å². The van der Waals surface area contributed by atoms with Crippen LogP contribution in [0.15, 0.2) is 58.8 Å². The summed E-state index contributed by atoms with van der Waals surface area (Å²) in [6, 6.07) is 14.6. The van der Waals surface area contributed by atoms with Crippen molar-refractivity contribution in [3.8, 4) is 5.69 Å². The number of tetrazole rings is 1. The second kappa shape index (κ2) is 8.79. The predicted molar refractivity (Wildman–Crippen MR) is 102 cm³/mol. The number of aromatic nitrogens is 4. The van der Waals surface area contributed by atoms with Crippen molar-refractivity contribution in [1.29, 1.82) is 0 Å². The average molecular weight is 407 g/mol. The lowest BCUT2D eigenvalue weighted by Gasteiger charge is -2.03. The number of para-hydroxylation sites is 1. The highest BCUT2D eigenvalue weighted by molar-refractivity contribution is 7.99. The summed E-state index contributed by atoms with van der Waals surface area (Å²) < 4.78 is 1.56. The van der Waals surface area contributed by atoms with Gasteiger partial charge >= 0.3 is 0 Å². The van der Waals surface area contributed by atoms with Crippen LogP contribution in [0.3, 0.4) is 0 Å². The van der Waals surface area contributed by atoms with Crippen LogP contribution in [0.4, 0.5) is 0 Å². The summed E-state index contributed by atoms with van der Waals surface area (Å²) in [6.07, 6.45) is 1.44. The number of hydrazone groups is 1. The Hall–Kier alpha value is -2.42. The second-order valence-electron chi connectivity index (χ2n) is 4.93. The van der Waals surface area contributed by atoms with Gasteiger partial charge in [-0.15, -0.1) is 5.10 Å². The normalized spacial score (nSPS) is 11.0. The van der Waals surface area contributed by atoms with Crippen molar-refractivity contribution in [3.63, 3.8) is 0 Å². The molecule has 1 amide bonds. The van der Waals surface area contributed by atoms with Gasteiger partial charge in [0.2, 0.25) is 5.16 Å². The van der Waals surface area contributed by atoms with Gasteiger partial charge in [0.05, 0.1) is 27.7 Å². The van der Waals surface area contributed by atoms with Crippen molar-refractivity contribution in [1.82, 2.24) is 25.6 Å². The maximum absolute atomic E-state index is 11.9. The standard InChI is InChI=1S/C16H12Cl2N6OS/c17-13-8-4-5-11(15(13)18)9-19-20-14(25)10-26-16-21-22-23-24(16)12-6-2-1-3-7-12/h1-9H,10H2,(H,20,25)/b19-9-. The number of hydrogen-bond donors (Lipinski definition) is 1. The van der Waals surface area contributed by atoms with Gasteiger partial charge < -0.3 is 0 Å². The number of carbonyl (C=O) groups excluding carboxylic acids is 1. The number of carbonyl (C=O) groups is 1. The lowest BCUT2D eigenvalue weighted by atomic mass is 10.2. The summed E-state index contributed by atoms with van der Waals surface area (Å²) in [5.41, 5.74) is 3.85. The molecule has 132 valence electrons. The Labute approximate surface area is 163 Å². The van der Waals surface area contributed by atoms with E-state index in [1.807, 2.05) is 30.3 Å². The van der Waals surface area contributed by atoms with Gasteiger partial charge in [0, 0.05) is 5.56 Å². The topological polar surface area (TPSA) is 85.1 Å². The van der Waals surface area contributed by atoms with Gasteiger partial charge in [-0.2, -0.15) is 9.78 Å². The molecular formula is C16H12Cl2N6OS.